The van der Waals surface area contributed by atoms with E-state index in [4.69, 9.17) is 9.47 Å². The number of anilines is 2. The van der Waals surface area contributed by atoms with E-state index < -0.39 is 0 Å². The third-order valence-electron chi connectivity index (χ3n) is 4.50. The van der Waals surface area contributed by atoms with E-state index >= 15 is 0 Å². The van der Waals surface area contributed by atoms with E-state index in [1.54, 1.807) is 0 Å². The molecule has 0 fully saturated rings. The van der Waals surface area contributed by atoms with Gasteiger partial charge in [-0.15, -0.1) is 0 Å². The van der Waals surface area contributed by atoms with Gasteiger partial charge in [0.05, 0.1) is 0 Å². The Morgan fingerprint density at radius 3 is 2.48 bits per heavy atom. The van der Waals surface area contributed by atoms with Crippen LogP contribution in [0, 0.1) is 6.92 Å². The molecule has 0 saturated carbocycles. The highest BCUT2D eigenvalue weighted by Gasteiger charge is 2.13. The molecule has 4 rings (SSSR count). The second-order valence-corrected chi connectivity index (χ2v) is 6.33. The fraction of sp³-hybridized carbons (Fsp3) is 0.182. The molecular weight excluding hydrogens is 310 g/mol. The van der Waals surface area contributed by atoms with Gasteiger partial charge in [-0.25, -0.2) is 0 Å². The Morgan fingerprint density at radius 2 is 1.60 bits per heavy atom. The van der Waals surface area contributed by atoms with Crippen LogP contribution < -0.4 is 14.8 Å². The van der Waals surface area contributed by atoms with Crippen molar-refractivity contribution in [3.05, 3.63) is 83.4 Å². The lowest BCUT2D eigenvalue weighted by atomic mass is 10.0. The normalized spacial score (nSPS) is 12.2. The molecule has 0 unspecified atom stereocenters. The highest BCUT2D eigenvalue weighted by molar-refractivity contribution is 5.66. The molecule has 0 aliphatic carbocycles. The highest BCUT2D eigenvalue weighted by Crippen LogP contribution is 2.35. The van der Waals surface area contributed by atoms with Crippen molar-refractivity contribution < 1.29 is 9.47 Å². The SMILES string of the molecule is Cc1ccc(CCc2ccccc2)cc1Nc1ccc2c(c1)OCO2. The second kappa shape index (κ2) is 6.89. The van der Waals surface area contributed by atoms with Gasteiger partial charge in [0, 0.05) is 17.4 Å². The van der Waals surface area contributed by atoms with Crippen LogP contribution in [0.5, 0.6) is 11.5 Å². The van der Waals surface area contributed by atoms with Gasteiger partial charge in [-0.05, 0) is 54.7 Å². The number of ether oxygens (including phenoxy) is 2. The quantitative estimate of drug-likeness (QED) is 0.692. The minimum Gasteiger partial charge on any atom is -0.454 e. The Kier molecular flexibility index (Phi) is 4.30. The van der Waals surface area contributed by atoms with E-state index in [2.05, 4.69) is 60.8 Å². The fourth-order valence-electron chi connectivity index (χ4n) is 3.02. The van der Waals surface area contributed by atoms with Gasteiger partial charge in [0.25, 0.3) is 0 Å². The minimum atomic E-state index is 0.298. The number of nitrogens with one attached hydrogen (secondary N) is 1. The molecule has 1 aliphatic heterocycles. The standard InChI is InChI=1S/C22H21NO2/c1-16-7-8-18(10-9-17-5-3-2-4-6-17)13-20(16)23-19-11-12-21-22(14-19)25-15-24-21/h2-8,11-14,23H,9-10,15H2,1H3. The third kappa shape index (κ3) is 3.61. The van der Waals surface area contributed by atoms with Gasteiger partial charge in [0.2, 0.25) is 6.79 Å². The van der Waals surface area contributed by atoms with Crippen molar-refractivity contribution >= 4 is 11.4 Å². The number of hydrogen-bond donors (Lipinski definition) is 1. The van der Waals surface area contributed by atoms with Crippen LogP contribution in [0.25, 0.3) is 0 Å². The Balaban J connectivity index is 1.49. The summed E-state index contributed by atoms with van der Waals surface area (Å²) in [4.78, 5) is 0. The maximum atomic E-state index is 5.46. The summed E-state index contributed by atoms with van der Waals surface area (Å²) in [6.45, 7) is 2.42. The number of aryl methyl sites for hydroxylation is 3. The van der Waals surface area contributed by atoms with E-state index in [9.17, 15) is 0 Å². The summed E-state index contributed by atoms with van der Waals surface area (Å²) in [7, 11) is 0. The van der Waals surface area contributed by atoms with Crippen LogP contribution in [0.15, 0.2) is 66.7 Å². The number of fused-ring (bicyclic) bond motifs is 1. The summed E-state index contributed by atoms with van der Waals surface area (Å²) < 4.78 is 10.8. The molecular formula is C22H21NO2. The van der Waals surface area contributed by atoms with Gasteiger partial charge >= 0.3 is 0 Å². The summed E-state index contributed by atoms with van der Waals surface area (Å²) in [5.41, 5.74) is 6.06. The Labute approximate surface area is 148 Å². The van der Waals surface area contributed by atoms with Crippen molar-refractivity contribution in [2.24, 2.45) is 0 Å². The average Bonchev–Trinajstić information content (AvgIpc) is 3.11. The second-order valence-electron chi connectivity index (χ2n) is 6.33. The minimum absolute atomic E-state index is 0.298. The molecule has 0 aromatic heterocycles. The lowest BCUT2D eigenvalue weighted by Crippen LogP contribution is -1.97. The number of hydrogen-bond acceptors (Lipinski definition) is 3. The molecule has 0 amide bonds. The lowest BCUT2D eigenvalue weighted by Gasteiger charge is -2.12. The highest BCUT2D eigenvalue weighted by atomic mass is 16.7. The van der Waals surface area contributed by atoms with Crippen LogP contribution in [0.3, 0.4) is 0 Å². The Bertz CT molecular complexity index is 874. The van der Waals surface area contributed by atoms with Gasteiger partial charge in [0.15, 0.2) is 11.5 Å². The summed E-state index contributed by atoms with van der Waals surface area (Å²) >= 11 is 0. The van der Waals surface area contributed by atoms with Crippen molar-refractivity contribution in [3.8, 4) is 11.5 Å². The molecule has 3 heteroatoms. The Hall–Kier alpha value is -2.94. The third-order valence-corrected chi connectivity index (χ3v) is 4.50. The summed E-state index contributed by atoms with van der Waals surface area (Å²) in [5.74, 6) is 1.60. The van der Waals surface area contributed by atoms with Crippen LogP contribution in [0.2, 0.25) is 0 Å². The monoisotopic (exact) mass is 331 g/mol. The van der Waals surface area contributed by atoms with Crippen molar-refractivity contribution in [1.82, 2.24) is 0 Å². The van der Waals surface area contributed by atoms with Gasteiger partial charge in [-0.3, -0.25) is 0 Å². The zero-order valence-electron chi connectivity index (χ0n) is 14.3. The topological polar surface area (TPSA) is 30.5 Å². The first-order chi connectivity index (χ1) is 12.3. The van der Waals surface area contributed by atoms with Crippen LogP contribution >= 0.6 is 0 Å². The average molecular weight is 331 g/mol. The van der Waals surface area contributed by atoms with E-state index in [1.165, 1.54) is 16.7 Å². The largest absolute Gasteiger partial charge is 0.454 e. The lowest BCUT2D eigenvalue weighted by molar-refractivity contribution is 0.174. The van der Waals surface area contributed by atoms with E-state index in [1.807, 2.05) is 18.2 Å². The maximum absolute atomic E-state index is 5.46. The molecule has 0 atom stereocenters. The molecule has 0 spiro atoms. The molecule has 25 heavy (non-hydrogen) atoms. The molecule has 1 N–H and O–H groups in total. The van der Waals surface area contributed by atoms with Crippen LogP contribution in [-0.4, -0.2) is 6.79 Å². The predicted molar refractivity (Wildman–Crippen MR) is 101 cm³/mol. The molecule has 0 radical (unpaired) electrons. The first-order valence-corrected chi connectivity index (χ1v) is 8.58. The molecule has 3 nitrogen and oxygen atoms in total. The summed E-state index contributed by atoms with van der Waals surface area (Å²) in [6, 6.07) is 23.2. The molecule has 1 aliphatic rings. The van der Waals surface area contributed by atoms with Crippen LogP contribution in [-0.2, 0) is 12.8 Å². The van der Waals surface area contributed by atoms with Gasteiger partial charge in [0.1, 0.15) is 0 Å². The number of benzene rings is 3. The van der Waals surface area contributed by atoms with Crippen molar-refractivity contribution in [3.63, 3.8) is 0 Å². The predicted octanol–water partition coefficient (Wildman–Crippen LogP) is 5.25. The Morgan fingerprint density at radius 1 is 0.800 bits per heavy atom. The molecule has 126 valence electrons. The van der Waals surface area contributed by atoms with Crippen LogP contribution in [0.1, 0.15) is 16.7 Å². The fourth-order valence-corrected chi connectivity index (χ4v) is 3.02. The summed E-state index contributed by atoms with van der Waals surface area (Å²) in [6.07, 6.45) is 2.08. The van der Waals surface area contributed by atoms with E-state index in [0.29, 0.717) is 6.79 Å². The van der Waals surface area contributed by atoms with E-state index in [0.717, 1.165) is 35.7 Å². The van der Waals surface area contributed by atoms with Crippen LogP contribution in [0.4, 0.5) is 11.4 Å². The first kappa shape index (κ1) is 15.6. The molecule has 1 heterocycles. The van der Waals surface area contributed by atoms with Gasteiger partial charge in [-0.2, -0.15) is 0 Å². The van der Waals surface area contributed by atoms with Crippen molar-refractivity contribution in [2.75, 3.05) is 12.1 Å². The van der Waals surface area contributed by atoms with Gasteiger partial charge in [-0.1, -0.05) is 42.5 Å². The zero-order chi connectivity index (χ0) is 17.1. The molecule has 0 bridgehead atoms. The molecule has 3 aromatic carbocycles. The van der Waals surface area contributed by atoms with E-state index in [-0.39, 0.29) is 0 Å². The smallest absolute Gasteiger partial charge is 0.231 e. The zero-order valence-corrected chi connectivity index (χ0v) is 14.3. The summed E-state index contributed by atoms with van der Waals surface area (Å²) in [5, 5.41) is 3.50. The van der Waals surface area contributed by atoms with Gasteiger partial charge < -0.3 is 14.8 Å². The first-order valence-electron chi connectivity index (χ1n) is 8.58. The molecule has 0 saturated heterocycles. The van der Waals surface area contributed by atoms with Crippen molar-refractivity contribution in [1.29, 1.82) is 0 Å². The van der Waals surface area contributed by atoms with Crippen molar-refractivity contribution in [2.45, 2.75) is 19.8 Å². The number of rotatable bonds is 5. The maximum Gasteiger partial charge on any atom is 0.231 e. The molecule has 3 aromatic rings.